The fraction of sp³-hybridized carbons (Fsp3) is 0.462. The van der Waals surface area contributed by atoms with Crippen LogP contribution in [0.4, 0.5) is 0 Å². The first-order chi connectivity index (χ1) is 8.70. The van der Waals surface area contributed by atoms with Crippen molar-refractivity contribution in [2.45, 2.75) is 32.2 Å². The van der Waals surface area contributed by atoms with Gasteiger partial charge in [-0.1, -0.05) is 18.1 Å². The first kappa shape index (κ1) is 12.7. The maximum Gasteiger partial charge on any atom is 0.231 e. The molecule has 0 bridgehead atoms. The average molecular weight is 246 g/mol. The Morgan fingerprint density at radius 1 is 1.33 bits per heavy atom. The summed E-state index contributed by atoms with van der Waals surface area (Å²) in [6, 6.07) is 6.10. The molecule has 5 nitrogen and oxygen atoms in total. The Kier molecular flexibility index (Phi) is 4.04. The molecule has 0 aliphatic rings. The number of likely N-dealkylation sites (N-methyl/N-ethyl adjacent to an activating group) is 1. The summed E-state index contributed by atoms with van der Waals surface area (Å²) in [5.74, 6) is 1.54. The topological polar surface area (TPSA) is 63.8 Å². The maximum absolute atomic E-state index is 5.29. The first-order valence-corrected chi connectivity index (χ1v) is 6.10. The molecule has 2 aromatic rings. The van der Waals surface area contributed by atoms with E-state index in [-0.39, 0.29) is 5.92 Å². The van der Waals surface area contributed by atoms with E-state index in [1.54, 1.807) is 6.20 Å². The monoisotopic (exact) mass is 246 g/mol. The molecule has 1 N–H and O–H groups in total. The van der Waals surface area contributed by atoms with Gasteiger partial charge in [-0.3, -0.25) is 4.98 Å². The number of nitrogens with one attached hydrogen (secondary N) is 1. The van der Waals surface area contributed by atoms with Gasteiger partial charge in [-0.25, -0.2) is 0 Å². The Balaban J connectivity index is 2.07. The van der Waals surface area contributed by atoms with E-state index >= 15 is 0 Å². The highest BCUT2D eigenvalue weighted by Crippen LogP contribution is 2.17. The van der Waals surface area contributed by atoms with E-state index in [2.05, 4.69) is 34.3 Å². The molecular weight excluding hydrogens is 228 g/mol. The number of hydrogen-bond acceptors (Lipinski definition) is 5. The molecule has 0 saturated carbocycles. The molecule has 2 heterocycles. The second-order valence-electron chi connectivity index (χ2n) is 4.41. The van der Waals surface area contributed by atoms with Crippen molar-refractivity contribution in [1.82, 2.24) is 20.4 Å². The summed E-state index contributed by atoms with van der Waals surface area (Å²) in [5, 5.41) is 7.18. The first-order valence-electron chi connectivity index (χ1n) is 6.10. The molecule has 2 unspecified atom stereocenters. The molecule has 2 aromatic heterocycles. The molecule has 2 rings (SSSR count). The van der Waals surface area contributed by atoms with Crippen molar-refractivity contribution in [3.8, 4) is 0 Å². The molecule has 0 aliphatic heterocycles. The predicted molar refractivity (Wildman–Crippen MR) is 68.3 cm³/mol. The third-order valence-electron chi connectivity index (χ3n) is 3.14. The predicted octanol–water partition coefficient (Wildman–Crippen LogP) is 1.77. The van der Waals surface area contributed by atoms with Crippen LogP contribution in [0.1, 0.15) is 37.2 Å². The van der Waals surface area contributed by atoms with Gasteiger partial charge >= 0.3 is 0 Å². The molecule has 96 valence electrons. The molecule has 18 heavy (non-hydrogen) atoms. The lowest BCUT2D eigenvalue weighted by Gasteiger charge is -2.14. The third-order valence-corrected chi connectivity index (χ3v) is 3.14. The van der Waals surface area contributed by atoms with E-state index in [0.29, 0.717) is 24.2 Å². The number of rotatable bonds is 5. The average Bonchev–Trinajstić information content (AvgIpc) is 2.86. The SMILES string of the molecule is CNC(C)C(C)c1nc(Cc2ccccn2)no1. The lowest BCUT2D eigenvalue weighted by molar-refractivity contribution is 0.333. The van der Waals surface area contributed by atoms with Gasteiger partial charge in [0, 0.05) is 17.9 Å². The lowest BCUT2D eigenvalue weighted by atomic mass is 10.0. The van der Waals surface area contributed by atoms with Crippen LogP contribution in [-0.4, -0.2) is 28.2 Å². The zero-order valence-corrected chi connectivity index (χ0v) is 10.9. The molecule has 0 aliphatic carbocycles. The van der Waals surface area contributed by atoms with E-state index in [1.807, 2.05) is 25.2 Å². The molecule has 0 fully saturated rings. The smallest absolute Gasteiger partial charge is 0.231 e. The van der Waals surface area contributed by atoms with Crippen molar-refractivity contribution >= 4 is 0 Å². The Hall–Kier alpha value is -1.75. The molecule has 2 atom stereocenters. The van der Waals surface area contributed by atoms with Crippen LogP contribution >= 0.6 is 0 Å². The summed E-state index contributed by atoms with van der Waals surface area (Å²) in [6.45, 7) is 4.16. The number of nitrogens with zero attached hydrogens (tertiary/aromatic N) is 3. The second kappa shape index (κ2) is 5.73. The van der Waals surface area contributed by atoms with E-state index in [9.17, 15) is 0 Å². The van der Waals surface area contributed by atoms with E-state index in [1.165, 1.54) is 0 Å². The molecule has 0 spiro atoms. The van der Waals surface area contributed by atoms with Crippen LogP contribution in [-0.2, 0) is 6.42 Å². The highest BCUT2D eigenvalue weighted by atomic mass is 16.5. The van der Waals surface area contributed by atoms with E-state index < -0.39 is 0 Å². The minimum atomic E-state index is 0.194. The van der Waals surface area contributed by atoms with Crippen molar-refractivity contribution in [3.63, 3.8) is 0 Å². The third kappa shape index (κ3) is 2.92. The molecule has 5 heteroatoms. The fourth-order valence-electron chi connectivity index (χ4n) is 1.65. The summed E-state index contributed by atoms with van der Waals surface area (Å²) in [4.78, 5) is 8.66. The minimum absolute atomic E-state index is 0.194. The van der Waals surface area contributed by atoms with Gasteiger partial charge in [0.1, 0.15) is 0 Å². The van der Waals surface area contributed by atoms with Gasteiger partial charge in [-0.2, -0.15) is 4.98 Å². The van der Waals surface area contributed by atoms with Gasteiger partial charge in [-0.05, 0) is 26.1 Å². The summed E-state index contributed by atoms with van der Waals surface area (Å²) in [6.07, 6.45) is 2.37. The van der Waals surface area contributed by atoms with Crippen molar-refractivity contribution in [3.05, 3.63) is 41.8 Å². The lowest BCUT2D eigenvalue weighted by Crippen LogP contribution is -2.27. The quantitative estimate of drug-likeness (QED) is 0.871. The van der Waals surface area contributed by atoms with Gasteiger partial charge in [0.05, 0.1) is 12.3 Å². The normalized spacial score (nSPS) is 14.4. The highest BCUT2D eigenvalue weighted by Gasteiger charge is 2.19. The molecule has 0 aromatic carbocycles. The number of pyridine rings is 1. The minimum Gasteiger partial charge on any atom is -0.339 e. The van der Waals surface area contributed by atoms with Gasteiger partial charge in [0.25, 0.3) is 0 Å². The summed E-state index contributed by atoms with van der Waals surface area (Å²) >= 11 is 0. The largest absolute Gasteiger partial charge is 0.339 e. The van der Waals surface area contributed by atoms with Gasteiger partial charge in [0.2, 0.25) is 5.89 Å². The van der Waals surface area contributed by atoms with Gasteiger partial charge < -0.3 is 9.84 Å². The molecular formula is C13H18N4O. The fourth-order valence-corrected chi connectivity index (χ4v) is 1.65. The zero-order chi connectivity index (χ0) is 13.0. The summed E-state index contributed by atoms with van der Waals surface area (Å²) in [7, 11) is 1.92. The van der Waals surface area contributed by atoms with Crippen LogP contribution in [0, 0.1) is 0 Å². The molecule has 0 amide bonds. The second-order valence-corrected chi connectivity index (χ2v) is 4.41. The zero-order valence-electron chi connectivity index (χ0n) is 10.9. The Labute approximate surface area is 107 Å². The van der Waals surface area contributed by atoms with Crippen molar-refractivity contribution < 1.29 is 4.52 Å². The van der Waals surface area contributed by atoms with Gasteiger partial charge in [-0.15, -0.1) is 0 Å². The number of hydrogen-bond donors (Lipinski definition) is 1. The van der Waals surface area contributed by atoms with Crippen LogP contribution in [0.3, 0.4) is 0 Å². The standard InChI is InChI=1S/C13H18N4O/c1-9(10(2)14-3)13-16-12(17-18-13)8-11-6-4-5-7-15-11/h4-7,9-10,14H,8H2,1-3H3. The molecule has 0 saturated heterocycles. The summed E-state index contributed by atoms with van der Waals surface area (Å²) < 4.78 is 5.29. The van der Waals surface area contributed by atoms with Crippen LogP contribution < -0.4 is 5.32 Å². The van der Waals surface area contributed by atoms with E-state index in [4.69, 9.17) is 4.52 Å². The van der Waals surface area contributed by atoms with Crippen molar-refractivity contribution in [1.29, 1.82) is 0 Å². The van der Waals surface area contributed by atoms with Crippen LogP contribution in [0.25, 0.3) is 0 Å². The summed E-state index contributed by atoms with van der Waals surface area (Å²) in [5.41, 5.74) is 0.944. The van der Waals surface area contributed by atoms with Crippen LogP contribution in [0.15, 0.2) is 28.9 Å². The number of aromatic nitrogens is 3. The highest BCUT2D eigenvalue weighted by molar-refractivity contribution is 5.09. The Morgan fingerprint density at radius 3 is 2.83 bits per heavy atom. The van der Waals surface area contributed by atoms with Crippen LogP contribution in [0.5, 0.6) is 0 Å². The maximum atomic E-state index is 5.29. The van der Waals surface area contributed by atoms with Crippen LogP contribution in [0.2, 0.25) is 0 Å². The van der Waals surface area contributed by atoms with E-state index in [0.717, 1.165) is 5.69 Å². The Morgan fingerprint density at radius 2 is 2.17 bits per heavy atom. The molecule has 0 radical (unpaired) electrons. The Bertz CT molecular complexity index is 483. The van der Waals surface area contributed by atoms with Crippen molar-refractivity contribution in [2.24, 2.45) is 0 Å². The van der Waals surface area contributed by atoms with Crippen molar-refractivity contribution in [2.75, 3.05) is 7.05 Å². The van der Waals surface area contributed by atoms with Gasteiger partial charge in [0.15, 0.2) is 5.82 Å².